The lowest BCUT2D eigenvalue weighted by Crippen LogP contribution is -2.17. The highest BCUT2D eigenvalue weighted by Gasteiger charge is 2.25. The number of halogens is 3. The van der Waals surface area contributed by atoms with Crippen molar-refractivity contribution in [3.8, 4) is 11.5 Å². The Morgan fingerprint density at radius 1 is 1.33 bits per heavy atom. The number of aromatic hydroxyl groups is 1. The molecule has 0 fully saturated rings. The van der Waals surface area contributed by atoms with Crippen molar-refractivity contribution in [1.29, 1.82) is 0 Å². The summed E-state index contributed by atoms with van der Waals surface area (Å²) in [7, 11) is 1.49. The van der Waals surface area contributed by atoms with E-state index >= 15 is 0 Å². The molecule has 1 aromatic carbocycles. The van der Waals surface area contributed by atoms with Gasteiger partial charge in [0.25, 0.3) is 0 Å². The van der Waals surface area contributed by atoms with Gasteiger partial charge in [-0.05, 0) is 19.0 Å². The van der Waals surface area contributed by atoms with Crippen LogP contribution in [0.4, 0.5) is 13.2 Å². The molecule has 0 saturated heterocycles. The van der Waals surface area contributed by atoms with Crippen LogP contribution in [0.5, 0.6) is 11.5 Å². The number of hydrogen-bond donors (Lipinski definition) is 2. The number of ether oxygens (including phenoxy) is 1. The third-order valence-corrected chi connectivity index (χ3v) is 2.42. The Morgan fingerprint density at radius 3 is 2.61 bits per heavy atom. The van der Waals surface area contributed by atoms with Crippen LogP contribution in [0.3, 0.4) is 0 Å². The number of phenols is 1. The fourth-order valence-electron chi connectivity index (χ4n) is 1.46. The molecule has 0 heterocycles. The van der Waals surface area contributed by atoms with E-state index in [1.54, 1.807) is 12.1 Å². The molecule has 0 radical (unpaired) electrons. The van der Waals surface area contributed by atoms with Gasteiger partial charge in [0, 0.05) is 24.6 Å². The summed E-state index contributed by atoms with van der Waals surface area (Å²) in [5.41, 5.74) is 0.628. The number of benzene rings is 1. The highest BCUT2D eigenvalue weighted by Crippen LogP contribution is 2.23. The first-order chi connectivity index (χ1) is 8.42. The van der Waals surface area contributed by atoms with Crippen molar-refractivity contribution in [1.82, 2.24) is 5.32 Å². The van der Waals surface area contributed by atoms with Crippen molar-refractivity contribution in [3.05, 3.63) is 23.8 Å². The van der Waals surface area contributed by atoms with Gasteiger partial charge in [-0.25, -0.2) is 0 Å². The van der Waals surface area contributed by atoms with Gasteiger partial charge in [-0.3, -0.25) is 0 Å². The minimum Gasteiger partial charge on any atom is -0.507 e. The van der Waals surface area contributed by atoms with Crippen molar-refractivity contribution in [2.75, 3.05) is 13.7 Å². The average molecular weight is 263 g/mol. The first kappa shape index (κ1) is 14.6. The molecule has 0 aliphatic heterocycles. The van der Waals surface area contributed by atoms with Gasteiger partial charge >= 0.3 is 6.18 Å². The molecule has 1 rings (SSSR count). The highest BCUT2D eigenvalue weighted by molar-refractivity contribution is 5.39. The molecule has 0 spiro atoms. The quantitative estimate of drug-likeness (QED) is 0.775. The van der Waals surface area contributed by atoms with E-state index in [1.165, 1.54) is 13.2 Å². The van der Waals surface area contributed by atoms with E-state index in [2.05, 4.69) is 5.32 Å². The third-order valence-electron chi connectivity index (χ3n) is 2.42. The molecular formula is C12H16F3NO2. The van der Waals surface area contributed by atoms with Crippen LogP contribution >= 0.6 is 0 Å². The fraction of sp³-hybridized carbons (Fsp3) is 0.500. The molecule has 1 aromatic rings. The first-order valence-corrected chi connectivity index (χ1v) is 5.56. The van der Waals surface area contributed by atoms with E-state index in [0.29, 0.717) is 17.9 Å². The highest BCUT2D eigenvalue weighted by atomic mass is 19.4. The zero-order valence-electron chi connectivity index (χ0n) is 10.0. The molecule has 2 N–H and O–H groups in total. The topological polar surface area (TPSA) is 41.5 Å². The summed E-state index contributed by atoms with van der Waals surface area (Å²) in [4.78, 5) is 0. The molecule has 0 atom stereocenters. The summed E-state index contributed by atoms with van der Waals surface area (Å²) >= 11 is 0. The number of hydrogen-bond acceptors (Lipinski definition) is 3. The van der Waals surface area contributed by atoms with E-state index in [0.717, 1.165) is 0 Å². The lowest BCUT2D eigenvalue weighted by Gasteiger charge is -2.09. The second-order valence-corrected chi connectivity index (χ2v) is 3.89. The van der Waals surface area contributed by atoms with E-state index in [-0.39, 0.29) is 18.7 Å². The lowest BCUT2D eigenvalue weighted by atomic mass is 10.2. The lowest BCUT2D eigenvalue weighted by molar-refractivity contribution is -0.135. The number of alkyl halides is 3. The smallest absolute Gasteiger partial charge is 0.389 e. The molecule has 0 aromatic heterocycles. The van der Waals surface area contributed by atoms with E-state index in [9.17, 15) is 18.3 Å². The molecule has 6 heteroatoms. The van der Waals surface area contributed by atoms with Crippen LogP contribution in [-0.2, 0) is 6.54 Å². The summed E-state index contributed by atoms with van der Waals surface area (Å²) in [6.45, 7) is 0.582. The van der Waals surface area contributed by atoms with Gasteiger partial charge in [0.15, 0.2) is 0 Å². The number of methoxy groups -OCH3 is 1. The first-order valence-electron chi connectivity index (χ1n) is 5.56. The van der Waals surface area contributed by atoms with Crippen LogP contribution in [0.2, 0.25) is 0 Å². The third kappa shape index (κ3) is 5.27. The van der Waals surface area contributed by atoms with Gasteiger partial charge in [-0.15, -0.1) is 0 Å². The van der Waals surface area contributed by atoms with Crippen LogP contribution in [-0.4, -0.2) is 24.9 Å². The second-order valence-electron chi connectivity index (χ2n) is 3.89. The zero-order chi connectivity index (χ0) is 13.6. The normalized spacial score (nSPS) is 11.6. The minimum absolute atomic E-state index is 0.0282. The predicted octanol–water partition coefficient (Wildman–Crippen LogP) is 2.83. The SMILES string of the molecule is COc1ccc(CNCCCC(F)(F)F)c(O)c1. The van der Waals surface area contributed by atoms with Gasteiger partial charge in [-0.2, -0.15) is 13.2 Å². The van der Waals surface area contributed by atoms with Crippen molar-refractivity contribution in [2.45, 2.75) is 25.6 Å². The Bertz CT molecular complexity index is 380. The molecule has 0 unspecified atom stereocenters. The maximum Gasteiger partial charge on any atom is 0.389 e. The number of phenolic OH excluding ortho intramolecular Hbond substituents is 1. The molecule has 3 nitrogen and oxygen atoms in total. The Morgan fingerprint density at radius 2 is 2.06 bits per heavy atom. The zero-order valence-corrected chi connectivity index (χ0v) is 10.0. The molecule has 0 aliphatic carbocycles. The van der Waals surface area contributed by atoms with Crippen molar-refractivity contribution >= 4 is 0 Å². The molecule has 0 saturated carbocycles. The van der Waals surface area contributed by atoms with Gasteiger partial charge in [-0.1, -0.05) is 6.07 Å². The van der Waals surface area contributed by atoms with Crippen LogP contribution in [0, 0.1) is 0 Å². The summed E-state index contributed by atoms with van der Waals surface area (Å²) in [5, 5.41) is 12.5. The van der Waals surface area contributed by atoms with Crippen LogP contribution in [0.25, 0.3) is 0 Å². The minimum atomic E-state index is -4.11. The molecule has 0 aliphatic rings. The maximum atomic E-state index is 11.9. The molecule has 102 valence electrons. The van der Waals surface area contributed by atoms with Crippen molar-refractivity contribution in [2.24, 2.45) is 0 Å². The largest absolute Gasteiger partial charge is 0.507 e. The van der Waals surface area contributed by atoms with Crippen LogP contribution in [0.1, 0.15) is 18.4 Å². The van der Waals surface area contributed by atoms with E-state index in [1.807, 2.05) is 0 Å². The van der Waals surface area contributed by atoms with Crippen molar-refractivity contribution < 1.29 is 23.0 Å². The Labute approximate surface area is 104 Å². The van der Waals surface area contributed by atoms with Crippen LogP contribution < -0.4 is 10.1 Å². The standard InChI is InChI=1S/C12H16F3NO2/c1-18-10-4-3-9(11(17)7-10)8-16-6-2-5-12(13,14)15/h3-4,7,16-17H,2,5-6,8H2,1H3. The summed E-state index contributed by atoms with van der Waals surface area (Å²) in [5.74, 6) is 0.603. The van der Waals surface area contributed by atoms with Crippen molar-refractivity contribution in [3.63, 3.8) is 0 Å². The van der Waals surface area contributed by atoms with Crippen LogP contribution in [0.15, 0.2) is 18.2 Å². The molecule has 18 heavy (non-hydrogen) atoms. The summed E-state index contributed by atoms with van der Waals surface area (Å²) in [6, 6.07) is 4.82. The van der Waals surface area contributed by atoms with E-state index in [4.69, 9.17) is 4.74 Å². The fourth-order valence-corrected chi connectivity index (χ4v) is 1.46. The van der Waals surface area contributed by atoms with Gasteiger partial charge in [0.2, 0.25) is 0 Å². The predicted molar refractivity (Wildman–Crippen MR) is 61.7 cm³/mol. The second kappa shape index (κ2) is 6.49. The van der Waals surface area contributed by atoms with Gasteiger partial charge in [0.05, 0.1) is 7.11 Å². The molecule has 0 bridgehead atoms. The van der Waals surface area contributed by atoms with E-state index < -0.39 is 12.6 Å². The Kier molecular flexibility index (Phi) is 5.27. The van der Waals surface area contributed by atoms with Gasteiger partial charge in [0.1, 0.15) is 11.5 Å². The Hall–Kier alpha value is -1.43. The molecular weight excluding hydrogens is 247 g/mol. The Balaban J connectivity index is 2.31. The number of rotatable bonds is 6. The average Bonchev–Trinajstić information content (AvgIpc) is 2.29. The summed E-state index contributed by atoms with van der Waals surface area (Å²) < 4.78 is 40.5. The van der Waals surface area contributed by atoms with Gasteiger partial charge < -0.3 is 15.2 Å². The molecule has 0 amide bonds. The summed E-state index contributed by atoms with van der Waals surface area (Å²) in [6.07, 6.45) is -4.88. The number of nitrogens with one attached hydrogen (secondary N) is 1. The monoisotopic (exact) mass is 263 g/mol. The maximum absolute atomic E-state index is 11.9.